The van der Waals surface area contributed by atoms with Crippen LogP contribution in [-0.4, -0.2) is 30.7 Å². The van der Waals surface area contributed by atoms with Crippen molar-refractivity contribution in [2.75, 3.05) is 29.9 Å². The first-order valence-electron chi connectivity index (χ1n) is 10.8. The fraction of sp³-hybridized carbons (Fsp3) is 0.231. The molecular formula is C26H29N3O2S. The molecule has 3 aromatic carbocycles. The molecule has 0 aliphatic carbocycles. The number of nitrogens with zero attached hydrogens (tertiary/aromatic N) is 1. The lowest BCUT2D eigenvalue weighted by atomic mass is 10.2. The fourth-order valence-corrected chi connectivity index (χ4v) is 3.55. The molecule has 166 valence electrons. The smallest absolute Gasteiger partial charge is 0.257 e. The van der Waals surface area contributed by atoms with Gasteiger partial charge in [0.2, 0.25) is 0 Å². The molecule has 0 bridgehead atoms. The SMILES string of the molecule is CCN(CC)c1ccc(NC(=S)NC(=O)c2cccc(OCCc3ccccc3)c2)cc1. The molecule has 0 heterocycles. The molecule has 5 nitrogen and oxygen atoms in total. The van der Waals surface area contributed by atoms with Gasteiger partial charge in [-0.2, -0.15) is 0 Å². The Balaban J connectivity index is 1.51. The molecule has 3 rings (SSSR count). The summed E-state index contributed by atoms with van der Waals surface area (Å²) in [5, 5.41) is 6.04. The second kappa shape index (κ2) is 11.9. The quantitative estimate of drug-likeness (QED) is 0.437. The van der Waals surface area contributed by atoms with Crippen LogP contribution < -0.4 is 20.3 Å². The number of anilines is 2. The van der Waals surface area contributed by atoms with Gasteiger partial charge in [0.1, 0.15) is 5.75 Å². The van der Waals surface area contributed by atoms with E-state index in [0.29, 0.717) is 17.9 Å². The minimum atomic E-state index is -0.282. The molecule has 32 heavy (non-hydrogen) atoms. The van der Waals surface area contributed by atoms with Crippen LogP contribution >= 0.6 is 12.2 Å². The number of hydrogen-bond acceptors (Lipinski definition) is 4. The van der Waals surface area contributed by atoms with Gasteiger partial charge >= 0.3 is 0 Å². The van der Waals surface area contributed by atoms with E-state index in [1.54, 1.807) is 18.2 Å². The number of carbonyl (C=O) groups is 1. The van der Waals surface area contributed by atoms with Gasteiger partial charge < -0.3 is 15.0 Å². The number of rotatable bonds is 9. The van der Waals surface area contributed by atoms with E-state index in [9.17, 15) is 4.79 Å². The highest BCUT2D eigenvalue weighted by Gasteiger charge is 2.10. The summed E-state index contributed by atoms with van der Waals surface area (Å²) in [5.41, 5.74) is 3.68. The predicted octanol–water partition coefficient (Wildman–Crippen LogP) is 5.28. The Labute approximate surface area is 195 Å². The average Bonchev–Trinajstić information content (AvgIpc) is 2.82. The van der Waals surface area contributed by atoms with Crippen molar-refractivity contribution < 1.29 is 9.53 Å². The summed E-state index contributed by atoms with van der Waals surface area (Å²) < 4.78 is 5.82. The number of hydrogen-bond donors (Lipinski definition) is 2. The van der Waals surface area contributed by atoms with Crippen LogP contribution in [0.5, 0.6) is 5.75 Å². The van der Waals surface area contributed by atoms with Crippen molar-refractivity contribution in [1.82, 2.24) is 5.32 Å². The van der Waals surface area contributed by atoms with Gasteiger partial charge in [-0.3, -0.25) is 10.1 Å². The molecule has 1 amide bonds. The monoisotopic (exact) mass is 447 g/mol. The van der Waals surface area contributed by atoms with Crippen LogP contribution in [0.3, 0.4) is 0 Å². The second-order valence-electron chi connectivity index (χ2n) is 7.24. The first kappa shape index (κ1) is 23.3. The van der Waals surface area contributed by atoms with E-state index in [1.165, 1.54) is 5.56 Å². The zero-order chi connectivity index (χ0) is 22.8. The number of carbonyl (C=O) groups excluding carboxylic acids is 1. The highest BCUT2D eigenvalue weighted by Crippen LogP contribution is 2.18. The largest absolute Gasteiger partial charge is 0.493 e. The van der Waals surface area contributed by atoms with E-state index in [4.69, 9.17) is 17.0 Å². The minimum absolute atomic E-state index is 0.251. The standard InChI is InChI=1S/C26H29N3O2S/c1-3-29(4-2)23-15-13-22(14-16-23)27-26(32)28-25(30)21-11-8-12-24(19-21)31-18-17-20-9-6-5-7-10-20/h5-16,19H,3-4,17-18H2,1-2H3,(H2,27,28,30,32). The molecule has 3 aromatic rings. The molecule has 0 radical (unpaired) electrons. The topological polar surface area (TPSA) is 53.6 Å². The lowest BCUT2D eigenvalue weighted by molar-refractivity contribution is 0.0977. The lowest BCUT2D eigenvalue weighted by Gasteiger charge is -2.21. The van der Waals surface area contributed by atoms with Crippen molar-refractivity contribution in [1.29, 1.82) is 0 Å². The molecular weight excluding hydrogens is 418 g/mol. The maximum Gasteiger partial charge on any atom is 0.257 e. The van der Waals surface area contributed by atoms with E-state index in [-0.39, 0.29) is 11.0 Å². The molecule has 0 saturated heterocycles. The Morgan fingerprint density at radius 1 is 0.938 bits per heavy atom. The number of nitrogens with one attached hydrogen (secondary N) is 2. The normalized spacial score (nSPS) is 10.3. The molecule has 0 saturated carbocycles. The number of thiocarbonyl (C=S) groups is 1. The van der Waals surface area contributed by atoms with Gasteiger partial charge in [-0.05, 0) is 74.1 Å². The van der Waals surface area contributed by atoms with Crippen molar-refractivity contribution >= 4 is 34.6 Å². The van der Waals surface area contributed by atoms with E-state index in [1.807, 2.05) is 48.5 Å². The zero-order valence-corrected chi connectivity index (χ0v) is 19.3. The van der Waals surface area contributed by atoms with Gasteiger partial charge in [-0.25, -0.2) is 0 Å². The summed E-state index contributed by atoms with van der Waals surface area (Å²) >= 11 is 5.31. The van der Waals surface area contributed by atoms with Crippen LogP contribution in [-0.2, 0) is 6.42 Å². The van der Waals surface area contributed by atoms with Crippen molar-refractivity contribution in [3.8, 4) is 5.75 Å². The van der Waals surface area contributed by atoms with E-state index in [0.717, 1.165) is 30.9 Å². The molecule has 2 N–H and O–H groups in total. The Kier molecular flexibility index (Phi) is 8.63. The van der Waals surface area contributed by atoms with Gasteiger partial charge in [-0.15, -0.1) is 0 Å². The molecule has 0 aromatic heterocycles. The maximum absolute atomic E-state index is 12.6. The van der Waals surface area contributed by atoms with Crippen molar-refractivity contribution in [3.05, 3.63) is 90.0 Å². The Morgan fingerprint density at radius 2 is 1.66 bits per heavy atom. The molecule has 0 unspecified atom stereocenters. The van der Waals surface area contributed by atoms with Crippen molar-refractivity contribution in [3.63, 3.8) is 0 Å². The Morgan fingerprint density at radius 3 is 2.34 bits per heavy atom. The Hall–Kier alpha value is -3.38. The van der Waals surface area contributed by atoms with Crippen molar-refractivity contribution in [2.45, 2.75) is 20.3 Å². The average molecular weight is 448 g/mol. The van der Waals surface area contributed by atoms with Crippen LogP contribution in [0.1, 0.15) is 29.8 Å². The number of amides is 1. The number of benzene rings is 3. The summed E-state index contributed by atoms with van der Waals surface area (Å²) in [7, 11) is 0. The van der Waals surface area contributed by atoms with Gasteiger partial charge in [-0.1, -0.05) is 36.4 Å². The first-order valence-corrected chi connectivity index (χ1v) is 11.2. The van der Waals surface area contributed by atoms with Crippen LogP contribution in [0.4, 0.5) is 11.4 Å². The van der Waals surface area contributed by atoms with Crippen molar-refractivity contribution in [2.24, 2.45) is 0 Å². The molecule has 0 atom stereocenters. The van der Waals surface area contributed by atoms with Crippen LogP contribution in [0, 0.1) is 0 Å². The zero-order valence-electron chi connectivity index (χ0n) is 18.5. The maximum atomic E-state index is 12.6. The van der Waals surface area contributed by atoms with Crippen LogP contribution in [0.25, 0.3) is 0 Å². The third-order valence-electron chi connectivity index (χ3n) is 5.08. The van der Waals surface area contributed by atoms with Gasteiger partial charge in [0.25, 0.3) is 5.91 Å². The molecule has 0 spiro atoms. The molecule has 0 aliphatic rings. The second-order valence-corrected chi connectivity index (χ2v) is 7.65. The summed E-state index contributed by atoms with van der Waals surface area (Å²) in [6.45, 7) is 6.70. The van der Waals surface area contributed by atoms with Gasteiger partial charge in [0.05, 0.1) is 6.61 Å². The lowest BCUT2D eigenvalue weighted by Crippen LogP contribution is -2.34. The van der Waals surface area contributed by atoms with E-state index < -0.39 is 0 Å². The van der Waals surface area contributed by atoms with Gasteiger partial charge in [0, 0.05) is 36.4 Å². The third kappa shape index (κ3) is 6.82. The minimum Gasteiger partial charge on any atom is -0.493 e. The van der Waals surface area contributed by atoms with E-state index >= 15 is 0 Å². The molecule has 0 fully saturated rings. The summed E-state index contributed by atoms with van der Waals surface area (Å²) in [6, 6.07) is 25.2. The number of ether oxygens (including phenoxy) is 1. The summed E-state index contributed by atoms with van der Waals surface area (Å²) in [4.78, 5) is 14.9. The summed E-state index contributed by atoms with van der Waals surface area (Å²) in [5.74, 6) is 0.371. The summed E-state index contributed by atoms with van der Waals surface area (Å²) in [6.07, 6.45) is 0.804. The highest BCUT2D eigenvalue weighted by molar-refractivity contribution is 7.80. The van der Waals surface area contributed by atoms with Gasteiger partial charge in [0.15, 0.2) is 5.11 Å². The fourth-order valence-electron chi connectivity index (χ4n) is 3.34. The van der Waals surface area contributed by atoms with E-state index in [2.05, 4.69) is 41.5 Å². The third-order valence-corrected chi connectivity index (χ3v) is 5.28. The molecule has 6 heteroatoms. The van der Waals surface area contributed by atoms with Crippen LogP contribution in [0.15, 0.2) is 78.9 Å². The predicted molar refractivity (Wildman–Crippen MR) is 136 cm³/mol. The Bertz CT molecular complexity index is 1020. The first-order chi connectivity index (χ1) is 15.6. The highest BCUT2D eigenvalue weighted by atomic mass is 32.1. The van der Waals surface area contributed by atoms with Crippen LogP contribution in [0.2, 0.25) is 0 Å². The molecule has 0 aliphatic heterocycles.